The van der Waals surface area contributed by atoms with Crippen LogP contribution < -0.4 is 20.5 Å². The van der Waals surface area contributed by atoms with Gasteiger partial charge in [0.05, 0.1) is 6.54 Å². The van der Waals surface area contributed by atoms with Gasteiger partial charge in [0.2, 0.25) is 5.88 Å². The van der Waals surface area contributed by atoms with Crippen molar-refractivity contribution in [3.63, 3.8) is 0 Å². The first-order valence-electron chi connectivity index (χ1n) is 9.11. The predicted molar refractivity (Wildman–Crippen MR) is 128 cm³/mol. The number of nitrogens with two attached hydrogens (primary N) is 1. The third kappa shape index (κ3) is 8.70. The lowest BCUT2D eigenvalue weighted by molar-refractivity contribution is 0.212. The summed E-state index contributed by atoms with van der Waals surface area (Å²) in [6, 6.07) is 17.6. The number of hydrogen-bond donors (Lipinski definition) is 2. The van der Waals surface area contributed by atoms with Crippen molar-refractivity contribution in [2.45, 2.75) is 13.0 Å². The van der Waals surface area contributed by atoms with Crippen LogP contribution in [0.5, 0.6) is 11.6 Å². The van der Waals surface area contributed by atoms with Crippen LogP contribution in [0.4, 0.5) is 0 Å². The summed E-state index contributed by atoms with van der Waals surface area (Å²) < 4.78 is 11.2. The molecule has 3 N–H and O–H groups in total. The lowest BCUT2D eigenvalue weighted by Gasteiger charge is -2.08. The Bertz CT molecular complexity index is 843. The second kappa shape index (κ2) is 13.0. The van der Waals surface area contributed by atoms with Gasteiger partial charge in [0.1, 0.15) is 19.0 Å². The molecule has 0 unspecified atom stereocenters. The number of hydrogen-bond acceptors (Lipinski definition) is 5. The molecule has 0 spiro atoms. The third-order valence-corrected chi connectivity index (χ3v) is 4.77. The van der Waals surface area contributed by atoms with Crippen LogP contribution in [-0.2, 0) is 13.0 Å². The van der Waals surface area contributed by atoms with Gasteiger partial charge in [-0.05, 0) is 35.6 Å². The molecular formula is C21H25IN4O2S. The van der Waals surface area contributed by atoms with Gasteiger partial charge < -0.3 is 20.5 Å². The van der Waals surface area contributed by atoms with Gasteiger partial charge in [-0.25, -0.2) is 9.98 Å². The Hall–Kier alpha value is -2.33. The summed E-state index contributed by atoms with van der Waals surface area (Å²) in [5, 5.41) is 5.20. The molecule has 0 radical (unpaired) electrons. The fourth-order valence-electron chi connectivity index (χ4n) is 2.41. The van der Waals surface area contributed by atoms with E-state index >= 15 is 0 Å². The molecule has 0 fully saturated rings. The molecule has 0 saturated heterocycles. The molecule has 2 heterocycles. The van der Waals surface area contributed by atoms with E-state index in [-0.39, 0.29) is 24.0 Å². The van der Waals surface area contributed by atoms with E-state index in [0.717, 1.165) is 24.3 Å². The average Bonchev–Trinajstić information content (AvgIpc) is 3.25. The first kappa shape index (κ1) is 23.0. The van der Waals surface area contributed by atoms with Gasteiger partial charge in [0, 0.05) is 23.7 Å². The molecular weight excluding hydrogens is 499 g/mol. The maximum atomic E-state index is 5.90. The molecule has 154 valence electrons. The van der Waals surface area contributed by atoms with Crippen molar-refractivity contribution in [2.75, 3.05) is 19.8 Å². The van der Waals surface area contributed by atoms with Crippen LogP contribution in [0.3, 0.4) is 0 Å². The van der Waals surface area contributed by atoms with Crippen molar-refractivity contribution in [1.29, 1.82) is 0 Å². The molecule has 1 aromatic carbocycles. The summed E-state index contributed by atoms with van der Waals surface area (Å²) in [6.07, 6.45) is 2.69. The molecule has 0 aliphatic carbocycles. The topological polar surface area (TPSA) is 81.8 Å². The molecule has 0 bridgehead atoms. The minimum atomic E-state index is 0. The number of benzene rings is 1. The van der Waals surface area contributed by atoms with Crippen molar-refractivity contribution >= 4 is 41.3 Å². The number of nitrogens with zero attached hydrogens (tertiary/aromatic N) is 2. The van der Waals surface area contributed by atoms with Crippen LogP contribution in [0.1, 0.15) is 10.4 Å². The molecule has 0 aliphatic heterocycles. The summed E-state index contributed by atoms with van der Waals surface area (Å²) in [5.41, 5.74) is 6.87. The highest BCUT2D eigenvalue weighted by atomic mass is 127. The quantitative estimate of drug-likeness (QED) is 0.182. The van der Waals surface area contributed by atoms with Crippen LogP contribution in [0.25, 0.3) is 0 Å². The molecule has 3 rings (SSSR count). The second-order valence-corrected chi connectivity index (χ2v) is 7.00. The average molecular weight is 524 g/mol. The zero-order valence-electron chi connectivity index (χ0n) is 16.0. The fourth-order valence-corrected chi connectivity index (χ4v) is 3.12. The highest BCUT2D eigenvalue weighted by Crippen LogP contribution is 2.10. The number of nitrogens with one attached hydrogen (secondary N) is 1. The van der Waals surface area contributed by atoms with E-state index in [1.807, 2.05) is 48.5 Å². The van der Waals surface area contributed by atoms with Crippen molar-refractivity contribution < 1.29 is 9.47 Å². The summed E-state index contributed by atoms with van der Waals surface area (Å²) >= 11 is 1.74. The van der Waals surface area contributed by atoms with Crippen LogP contribution in [0, 0.1) is 0 Å². The number of para-hydroxylation sites is 1. The summed E-state index contributed by atoms with van der Waals surface area (Å²) in [4.78, 5) is 9.96. The van der Waals surface area contributed by atoms with Gasteiger partial charge in [-0.2, -0.15) is 0 Å². The van der Waals surface area contributed by atoms with E-state index in [1.165, 1.54) is 4.88 Å². The highest BCUT2D eigenvalue weighted by Gasteiger charge is 1.99. The van der Waals surface area contributed by atoms with Gasteiger partial charge in [-0.15, -0.1) is 35.3 Å². The van der Waals surface area contributed by atoms with Crippen LogP contribution >= 0.6 is 35.3 Å². The monoisotopic (exact) mass is 524 g/mol. The maximum Gasteiger partial charge on any atom is 0.213 e. The summed E-state index contributed by atoms with van der Waals surface area (Å²) in [7, 11) is 0. The Kier molecular flexibility index (Phi) is 10.3. The lowest BCUT2D eigenvalue weighted by atomic mass is 10.3. The molecule has 2 aromatic heterocycles. The van der Waals surface area contributed by atoms with E-state index in [0.29, 0.717) is 31.6 Å². The van der Waals surface area contributed by atoms with Gasteiger partial charge in [0.25, 0.3) is 0 Å². The third-order valence-electron chi connectivity index (χ3n) is 3.83. The van der Waals surface area contributed by atoms with Gasteiger partial charge in [0.15, 0.2) is 5.96 Å². The highest BCUT2D eigenvalue weighted by molar-refractivity contribution is 14.0. The molecule has 0 saturated carbocycles. The number of halogens is 1. The zero-order valence-corrected chi connectivity index (χ0v) is 19.1. The molecule has 8 heteroatoms. The van der Waals surface area contributed by atoms with Crippen molar-refractivity contribution in [3.05, 3.63) is 76.6 Å². The molecule has 6 nitrogen and oxygen atoms in total. The molecule has 29 heavy (non-hydrogen) atoms. The van der Waals surface area contributed by atoms with E-state index < -0.39 is 0 Å². The van der Waals surface area contributed by atoms with E-state index in [2.05, 4.69) is 26.7 Å². The predicted octanol–water partition coefficient (Wildman–Crippen LogP) is 3.87. The Morgan fingerprint density at radius 1 is 1.03 bits per heavy atom. The SMILES string of the molecule is I.NC(=NCc1ccc(OCCOc2ccccc2)nc1)NCCc1cccs1. The number of thiophene rings is 1. The largest absolute Gasteiger partial charge is 0.490 e. The Balaban J connectivity index is 0.00000300. The van der Waals surface area contributed by atoms with Crippen molar-refractivity contribution in [1.82, 2.24) is 10.3 Å². The first-order valence-corrected chi connectivity index (χ1v) is 9.99. The van der Waals surface area contributed by atoms with E-state index in [9.17, 15) is 0 Å². The summed E-state index contributed by atoms with van der Waals surface area (Å²) in [5.74, 6) is 1.83. The fraction of sp³-hybridized carbons (Fsp3) is 0.238. The first-order chi connectivity index (χ1) is 13.8. The van der Waals surface area contributed by atoms with E-state index in [1.54, 1.807) is 17.5 Å². The summed E-state index contributed by atoms with van der Waals surface area (Å²) in [6.45, 7) is 2.14. The van der Waals surface area contributed by atoms with Crippen molar-refractivity contribution in [3.8, 4) is 11.6 Å². The minimum Gasteiger partial charge on any atom is -0.490 e. The number of guanidine groups is 1. The lowest BCUT2D eigenvalue weighted by Crippen LogP contribution is -2.33. The van der Waals surface area contributed by atoms with Gasteiger partial charge in [-0.1, -0.05) is 30.3 Å². The van der Waals surface area contributed by atoms with Gasteiger partial charge >= 0.3 is 0 Å². The standard InChI is InChI=1S/C21H24N4O2S.HI/c22-21(23-11-10-19-7-4-14-28-19)25-16-17-8-9-20(24-15-17)27-13-12-26-18-5-2-1-3-6-18;/h1-9,14-15H,10-13,16H2,(H3,22,23,25);1H. The van der Waals surface area contributed by atoms with Crippen molar-refractivity contribution in [2.24, 2.45) is 10.7 Å². The minimum absolute atomic E-state index is 0. The molecule has 3 aromatic rings. The van der Waals surface area contributed by atoms with Gasteiger partial charge in [-0.3, -0.25) is 0 Å². The van der Waals surface area contributed by atoms with Crippen LogP contribution in [-0.4, -0.2) is 30.7 Å². The number of aliphatic imine (C=N–C) groups is 1. The Morgan fingerprint density at radius 3 is 2.59 bits per heavy atom. The normalized spacial score (nSPS) is 10.8. The number of ether oxygens (including phenoxy) is 2. The molecule has 0 atom stereocenters. The number of aromatic nitrogens is 1. The Morgan fingerprint density at radius 2 is 1.86 bits per heavy atom. The molecule has 0 amide bonds. The van der Waals surface area contributed by atoms with Crippen LogP contribution in [0.2, 0.25) is 0 Å². The Labute approximate surface area is 192 Å². The second-order valence-electron chi connectivity index (χ2n) is 5.97. The molecule has 0 aliphatic rings. The number of pyridine rings is 1. The maximum absolute atomic E-state index is 5.90. The van der Waals surface area contributed by atoms with Crippen LogP contribution in [0.15, 0.2) is 71.2 Å². The van der Waals surface area contributed by atoms with E-state index in [4.69, 9.17) is 15.2 Å². The zero-order chi connectivity index (χ0) is 19.4. The number of rotatable bonds is 10. The smallest absolute Gasteiger partial charge is 0.213 e.